The second-order valence-corrected chi connectivity index (χ2v) is 8.29. The van der Waals surface area contributed by atoms with Crippen LogP contribution in [-0.4, -0.2) is 54.5 Å². The lowest BCUT2D eigenvalue weighted by atomic mass is 9.91. The summed E-state index contributed by atoms with van der Waals surface area (Å²) in [4.78, 5) is 33.7. The van der Waals surface area contributed by atoms with Gasteiger partial charge in [0.05, 0.1) is 29.3 Å². The maximum Gasteiger partial charge on any atom is 0.310 e. The zero-order valence-corrected chi connectivity index (χ0v) is 17.9. The van der Waals surface area contributed by atoms with Gasteiger partial charge in [-0.1, -0.05) is 18.2 Å². The van der Waals surface area contributed by atoms with Crippen molar-refractivity contribution in [3.8, 4) is 6.07 Å². The Hall–Kier alpha value is -3.14. The maximum atomic E-state index is 13.2. The molecule has 2 aliphatic rings. The molecule has 7 heteroatoms. The molecule has 0 spiro atoms. The third-order valence-electron chi connectivity index (χ3n) is 6.38. The molecule has 3 heterocycles. The van der Waals surface area contributed by atoms with Gasteiger partial charge in [-0.3, -0.25) is 14.6 Å². The number of para-hydroxylation sites is 1. The van der Waals surface area contributed by atoms with Gasteiger partial charge in [0.1, 0.15) is 6.07 Å². The van der Waals surface area contributed by atoms with E-state index < -0.39 is 0 Å². The second kappa shape index (κ2) is 9.34. The minimum absolute atomic E-state index is 0.0455. The molecule has 1 unspecified atom stereocenters. The van der Waals surface area contributed by atoms with Gasteiger partial charge in [-0.25, -0.2) is 0 Å². The average molecular weight is 421 g/mol. The van der Waals surface area contributed by atoms with E-state index in [9.17, 15) is 14.9 Å². The third kappa shape index (κ3) is 4.34. The van der Waals surface area contributed by atoms with E-state index in [2.05, 4.69) is 16.0 Å². The fourth-order valence-corrected chi connectivity index (χ4v) is 4.79. The summed E-state index contributed by atoms with van der Waals surface area (Å²) in [6.07, 6.45) is 4.73. The summed E-state index contributed by atoms with van der Waals surface area (Å²) in [7, 11) is 0. The molecule has 31 heavy (non-hydrogen) atoms. The van der Waals surface area contributed by atoms with E-state index in [0.717, 1.165) is 42.3 Å². The van der Waals surface area contributed by atoms with Gasteiger partial charge in [0.15, 0.2) is 0 Å². The molecule has 0 radical (unpaired) electrons. The second-order valence-electron chi connectivity index (χ2n) is 8.29. The zero-order valence-electron chi connectivity index (χ0n) is 17.9. The van der Waals surface area contributed by atoms with Crippen molar-refractivity contribution < 1.29 is 14.3 Å². The number of amides is 1. The molecule has 0 bridgehead atoms. The molecule has 162 valence electrons. The molecule has 0 saturated carbocycles. The number of carbonyl (C=O) groups is 2. The number of nitrogens with zero attached hydrogens (tertiary/aromatic N) is 4. The van der Waals surface area contributed by atoms with Gasteiger partial charge in [-0.2, -0.15) is 5.26 Å². The minimum Gasteiger partial charge on any atom is -0.466 e. The lowest BCUT2D eigenvalue weighted by Crippen LogP contribution is -2.47. The molecular formula is C24H28N4O3. The number of aromatic nitrogens is 1. The first-order valence-electron chi connectivity index (χ1n) is 11.1. The monoisotopic (exact) mass is 420 g/mol. The number of fused-ring (bicyclic) bond motifs is 1. The molecule has 0 aliphatic carbocycles. The summed E-state index contributed by atoms with van der Waals surface area (Å²) in [6.45, 7) is 4.79. The van der Waals surface area contributed by atoms with Crippen molar-refractivity contribution in [2.45, 2.75) is 32.6 Å². The van der Waals surface area contributed by atoms with Crippen molar-refractivity contribution in [3.05, 3.63) is 36.0 Å². The fraction of sp³-hybridized carbons (Fsp3) is 0.500. The first-order valence-corrected chi connectivity index (χ1v) is 11.1. The van der Waals surface area contributed by atoms with Gasteiger partial charge < -0.3 is 14.5 Å². The lowest BCUT2D eigenvalue weighted by Gasteiger charge is -2.38. The topological polar surface area (TPSA) is 86.5 Å². The van der Waals surface area contributed by atoms with Crippen LogP contribution in [-0.2, 0) is 14.3 Å². The molecule has 0 N–H and O–H groups in total. The fourth-order valence-electron chi connectivity index (χ4n) is 4.79. The summed E-state index contributed by atoms with van der Waals surface area (Å²) in [6, 6.07) is 10.1. The first kappa shape index (κ1) is 21.1. The van der Waals surface area contributed by atoms with Gasteiger partial charge in [-0.15, -0.1) is 0 Å². The average Bonchev–Trinajstić information content (AvgIpc) is 2.83. The Balaban J connectivity index is 1.44. The van der Waals surface area contributed by atoms with Gasteiger partial charge in [-0.05, 0) is 38.7 Å². The van der Waals surface area contributed by atoms with E-state index in [1.54, 1.807) is 13.1 Å². The Morgan fingerprint density at radius 2 is 1.94 bits per heavy atom. The number of piperidine rings is 2. The first-order chi connectivity index (χ1) is 15.1. The van der Waals surface area contributed by atoms with Gasteiger partial charge in [0, 0.05) is 43.7 Å². The molecule has 2 aliphatic heterocycles. The molecule has 7 nitrogen and oxygen atoms in total. The Bertz CT molecular complexity index is 1010. The van der Waals surface area contributed by atoms with Crippen molar-refractivity contribution in [3.63, 3.8) is 0 Å². The summed E-state index contributed by atoms with van der Waals surface area (Å²) in [5.74, 6) is -0.299. The number of pyridine rings is 1. The number of carbonyl (C=O) groups excluding carboxylic acids is 2. The summed E-state index contributed by atoms with van der Waals surface area (Å²) in [5.41, 5.74) is 2.35. The van der Waals surface area contributed by atoms with Crippen LogP contribution in [0.2, 0.25) is 0 Å². The van der Waals surface area contributed by atoms with E-state index in [-0.39, 0.29) is 23.7 Å². The quantitative estimate of drug-likeness (QED) is 0.707. The molecule has 1 atom stereocenters. The van der Waals surface area contributed by atoms with Crippen LogP contribution in [0.1, 0.15) is 38.2 Å². The van der Waals surface area contributed by atoms with Crippen LogP contribution < -0.4 is 4.90 Å². The Kier molecular flexibility index (Phi) is 6.36. The van der Waals surface area contributed by atoms with Gasteiger partial charge in [0.2, 0.25) is 5.91 Å². The standard InChI is InChI=1S/C24H28N4O3/c1-2-31-24(30)18-6-5-11-28(16-18)23(29)17-9-12-27(13-10-17)22-19(14-25)15-26-21-8-4-3-7-20(21)22/h3-4,7-8,15,17-18H,2,5-6,9-13,16H2,1H3. The smallest absolute Gasteiger partial charge is 0.310 e. The Labute approximate surface area is 182 Å². The highest BCUT2D eigenvalue weighted by Gasteiger charge is 2.34. The van der Waals surface area contributed by atoms with Crippen molar-refractivity contribution in [2.24, 2.45) is 11.8 Å². The van der Waals surface area contributed by atoms with Crippen LogP contribution in [0.15, 0.2) is 30.5 Å². The molecule has 2 aromatic rings. The summed E-state index contributed by atoms with van der Waals surface area (Å²) in [5, 5.41) is 10.6. The number of likely N-dealkylation sites (tertiary alicyclic amines) is 1. The number of rotatable bonds is 4. The molecule has 1 aromatic carbocycles. The van der Waals surface area contributed by atoms with Crippen molar-refractivity contribution in [1.29, 1.82) is 5.26 Å². The summed E-state index contributed by atoms with van der Waals surface area (Å²) >= 11 is 0. The summed E-state index contributed by atoms with van der Waals surface area (Å²) < 4.78 is 5.16. The number of esters is 1. The molecule has 4 rings (SSSR count). The van der Waals surface area contributed by atoms with Crippen LogP contribution in [0.4, 0.5) is 5.69 Å². The van der Waals surface area contributed by atoms with E-state index in [0.29, 0.717) is 38.3 Å². The highest BCUT2D eigenvalue weighted by atomic mass is 16.5. The normalized spacial score (nSPS) is 19.8. The van der Waals surface area contributed by atoms with E-state index in [1.165, 1.54) is 0 Å². The van der Waals surface area contributed by atoms with Crippen LogP contribution >= 0.6 is 0 Å². The van der Waals surface area contributed by atoms with E-state index in [4.69, 9.17) is 4.74 Å². The largest absolute Gasteiger partial charge is 0.466 e. The number of benzene rings is 1. The highest BCUT2D eigenvalue weighted by molar-refractivity contribution is 5.94. The van der Waals surface area contributed by atoms with Crippen LogP contribution in [0.3, 0.4) is 0 Å². The predicted octanol–water partition coefficient (Wildman–Crippen LogP) is 3.12. The lowest BCUT2D eigenvalue weighted by molar-refractivity contribution is -0.152. The number of hydrogen-bond donors (Lipinski definition) is 0. The highest BCUT2D eigenvalue weighted by Crippen LogP contribution is 2.33. The van der Waals surface area contributed by atoms with Crippen LogP contribution in [0.25, 0.3) is 10.9 Å². The Morgan fingerprint density at radius 1 is 1.16 bits per heavy atom. The van der Waals surface area contributed by atoms with E-state index in [1.807, 2.05) is 29.2 Å². The predicted molar refractivity (Wildman–Crippen MR) is 117 cm³/mol. The van der Waals surface area contributed by atoms with Crippen molar-refractivity contribution in [2.75, 3.05) is 37.7 Å². The Morgan fingerprint density at radius 3 is 2.68 bits per heavy atom. The molecule has 2 fully saturated rings. The van der Waals surface area contributed by atoms with Gasteiger partial charge >= 0.3 is 5.97 Å². The van der Waals surface area contributed by atoms with Gasteiger partial charge in [0.25, 0.3) is 0 Å². The number of ether oxygens (including phenoxy) is 1. The number of hydrogen-bond acceptors (Lipinski definition) is 6. The zero-order chi connectivity index (χ0) is 21.8. The van der Waals surface area contributed by atoms with Crippen LogP contribution in [0, 0.1) is 23.2 Å². The third-order valence-corrected chi connectivity index (χ3v) is 6.38. The molecule has 1 aromatic heterocycles. The molecule has 2 saturated heterocycles. The SMILES string of the molecule is CCOC(=O)C1CCCN(C(=O)C2CCN(c3c(C#N)cnc4ccccc34)CC2)C1. The maximum absolute atomic E-state index is 13.2. The van der Waals surface area contributed by atoms with Crippen molar-refractivity contribution >= 4 is 28.5 Å². The molecule has 1 amide bonds. The minimum atomic E-state index is -0.209. The van der Waals surface area contributed by atoms with Crippen molar-refractivity contribution in [1.82, 2.24) is 9.88 Å². The number of nitriles is 1. The molecular weight excluding hydrogens is 392 g/mol. The van der Waals surface area contributed by atoms with E-state index >= 15 is 0 Å². The number of anilines is 1. The van der Waals surface area contributed by atoms with Crippen LogP contribution in [0.5, 0.6) is 0 Å².